The molecule has 1 amide bonds. The number of amides is 1. The molecule has 1 atom stereocenters. The lowest BCUT2D eigenvalue weighted by molar-refractivity contribution is 0.0523. The second-order valence-corrected chi connectivity index (χ2v) is 7.18. The van der Waals surface area contributed by atoms with Gasteiger partial charge in [0.15, 0.2) is 0 Å². The minimum absolute atomic E-state index is 0.120. The zero-order valence-electron chi connectivity index (χ0n) is 15.4. The molecule has 0 aliphatic carbocycles. The first-order valence-electron chi connectivity index (χ1n) is 8.37. The van der Waals surface area contributed by atoms with Crippen LogP contribution in [-0.4, -0.2) is 11.7 Å². The third-order valence-corrected chi connectivity index (χ3v) is 3.72. The summed E-state index contributed by atoms with van der Waals surface area (Å²) in [5.41, 5.74) is 7.27. The summed E-state index contributed by atoms with van der Waals surface area (Å²) in [6, 6.07) is 9.04. The Hall–Kier alpha value is -2.47. The van der Waals surface area contributed by atoms with E-state index in [4.69, 9.17) is 10.5 Å². The number of nitrogens with one attached hydrogen (secondary N) is 1. The molecule has 2 aromatic carbocycles. The number of hydrogen-bond acceptors (Lipinski definition) is 3. The maximum absolute atomic E-state index is 14.3. The van der Waals surface area contributed by atoms with Gasteiger partial charge in [0.2, 0.25) is 0 Å². The van der Waals surface area contributed by atoms with Crippen LogP contribution < -0.4 is 11.1 Å². The van der Waals surface area contributed by atoms with Crippen LogP contribution in [0.15, 0.2) is 36.4 Å². The average Bonchev–Trinajstić information content (AvgIpc) is 2.51. The van der Waals surface area contributed by atoms with Crippen LogP contribution in [0.4, 0.5) is 13.6 Å². The minimum atomic E-state index is -0.729. The van der Waals surface area contributed by atoms with E-state index >= 15 is 0 Å². The Balaban J connectivity index is 2.30. The third-order valence-electron chi connectivity index (χ3n) is 3.72. The van der Waals surface area contributed by atoms with Gasteiger partial charge < -0.3 is 15.8 Å². The normalized spacial score (nSPS) is 12.6. The minimum Gasteiger partial charge on any atom is -0.444 e. The molecule has 0 bridgehead atoms. The first-order chi connectivity index (χ1) is 12.1. The molecule has 0 heterocycles. The van der Waals surface area contributed by atoms with E-state index in [9.17, 15) is 13.6 Å². The Morgan fingerprint density at radius 2 is 1.81 bits per heavy atom. The first-order valence-corrected chi connectivity index (χ1v) is 8.37. The predicted molar refractivity (Wildman–Crippen MR) is 97.5 cm³/mol. The number of carbonyl (C=O) groups is 1. The summed E-state index contributed by atoms with van der Waals surface area (Å²) in [6.07, 6.45) is -0.667. The van der Waals surface area contributed by atoms with Crippen molar-refractivity contribution in [3.63, 3.8) is 0 Å². The van der Waals surface area contributed by atoms with Gasteiger partial charge in [-0.25, -0.2) is 13.6 Å². The second-order valence-electron chi connectivity index (χ2n) is 7.18. The summed E-state index contributed by atoms with van der Waals surface area (Å²) >= 11 is 0. The predicted octanol–water partition coefficient (Wildman–Crippen LogP) is 4.68. The van der Waals surface area contributed by atoms with Crippen LogP contribution in [0.3, 0.4) is 0 Å². The first kappa shape index (κ1) is 19.8. The van der Waals surface area contributed by atoms with Crippen molar-refractivity contribution in [3.8, 4) is 11.1 Å². The van der Waals surface area contributed by atoms with Crippen molar-refractivity contribution in [3.05, 3.63) is 59.2 Å². The van der Waals surface area contributed by atoms with Gasteiger partial charge in [0, 0.05) is 24.2 Å². The maximum atomic E-state index is 14.3. The standard InChI is InChI=1S/C20H24F2N2O2/c1-12(23)13-5-7-14(8-6-13)16-9-15(21)10-18(22)17(16)11-24-19(25)26-20(2,3)4/h5-10,12H,11,23H2,1-4H3,(H,24,25)/t12-/m1/s1. The van der Waals surface area contributed by atoms with Gasteiger partial charge in [0.1, 0.15) is 17.2 Å². The van der Waals surface area contributed by atoms with Gasteiger partial charge in [-0.15, -0.1) is 0 Å². The Kier molecular flexibility index (Phi) is 5.97. The fourth-order valence-electron chi connectivity index (χ4n) is 2.48. The molecule has 3 N–H and O–H groups in total. The molecule has 26 heavy (non-hydrogen) atoms. The molecule has 2 aromatic rings. The number of halogens is 2. The Labute approximate surface area is 152 Å². The molecule has 0 unspecified atom stereocenters. The highest BCUT2D eigenvalue weighted by Gasteiger charge is 2.18. The van der Waals surface area contributed by atoms with Gasteiger partial charge >= 0.3 is 6.09 Å². The SMILES string of the molecule is C[C@@H](N)c1ccc(-c2cc(F)cc(F)c2CNC(=O)OC(C)(C)C)cc1. The quantitative estimate of drug-likeness (QED) is 0.830. The number of alkyl carbamates (subject to hydrolysis) is 1. The lowest BCUT2D eigenvalue weighted by atomic mass is 9.97. The number of rotatable bonds is 4. The zero-order valence-corrected chi connectivity index (χ0v) is 15.4. The van der Waals surface area contributed by atoms with Gasteiger partial charge in [-0.05, 0) is 50.5 Å². The highest BCUT2D eigenvalue weighted by molar-refractivity contribution is 5.71. The smallest absolute Gasteiger partial charge is 0.407 e. The van der Waals surface area contributed by atoms with E-state index in [1.54, 1.807) is 32.9 Å². The largest absolute Gasteiger partial charge is 0.444 e. The number of ether oxygens (including phenoxy) is 1. The lowest BCUT2D eigenvalue weighted by Crippen LogP contribution is -2.32. The molecule has 0 spiro atoms. The average molecular weight is 362 g/mol. The molecule has 0 aromatic heterocycles. The van der Waals surface area contributed by atoms with Crippen LogP contribution in [0, 0.1) is 11.6 Å². The van der Waals surface area contributed by atoms with E-state index in [-0.39, 0.29) is 18.2 Å². The topological polar surface area (TPSA) is 64.3 Å². The highest BCUT2D eigenvalue weighted by Crippen LogP contribution is 2.28. The van der Waals surface area contributed by atoms with Gasteiger partial charge in [0.25, 0.3) is 0 Å². The van der Waals surface area contributed by atoms with E-state index in [2.05, 4.69) is 5.32 Å². The second kappa shape index (κ2) is 7.83. The van der Waals surface area contributed by atoms with Crippen LogP contribution in [0.25, 0.3) is 11.1 Å². The lowest BCUT2D eigenvalue weighted by Gasteiger charge is -2.20. The number of hydrogen-bond donors (Lipinski definition) is 2. The summed E-state index contributed by atoms with van der Waals surface area (Å²) in [4.78, 5) is 11.8. The molecular formula is C20H24F2N2O2. The Bertz CT molecular complexity index is 782. The van der Waals surface area contributed by atoms with Crippen molar-refractivity contribution < 1.29 is 18.3 Å². The molecule has 0 radical (unpaired) electrons. The summed E-state index contributed by atoms with van der Waals surface area (Å²) in [7, 11) is 0. The van der Waals surface area contributed by atoms with Gasteiger partial charge in [-0.1, -0.05) is 24.3 Å². The molecule has 0 aliphatic rings. The third kappa shape index (κ3) is 5.26. The Morgan fingerprint density at radius 3 is 2.35 bits per heavy atom. The van der Waals surface area contributed by atoms with Gasteiger partial charge in [-0.2, -0.15) is 0 Å². The van der Waals surface area contributed by atoms with Crippen molar-refractivity contribution in [2.24, 2.45) is 5.73 Å². The van der Waals surface area contributed by atoms with Crippen LogP contribution >= 0.6 is 0 Å². The molecule has 0 saturated carbocycles. The number of nitrogens with two attached hydrogens (primary N) is 1. The maximum Gasteiger partial charge on any atom is 0.407 e. The summed E-state index contributed by atoms with van der Waals surface area (Å²) in [5, 5.41) is 2.51. The summed E-state index contributed by atoms with van der Waals surface area (Å²) < 4.78 is 33.2. The van der Waals surface area contributed by atoms with Crippen LogP contribution in [0.1, 0.15) is 44.9 Å². The van der Waals surface area contributed by atoms with E-state index < -0.39 is 23.3 Å². The van der Waals surface area contributed by atoms with Crippen molar-refractivity contribution in [1.29, 1.82) is 0 Å². The van der Waals surface area contributed by atoms with Crippen LogP contribution in [0.2, 0.25) is 0 Å². The monoisotopic (exact) mass is 362 g/mol. The molecule has 0 saturated heterocycles. The summed E-state index contributed by atoms with van der Waals surface area (Å²) in [5.74, 6) is -1.41. The van der Waals surface area contributed by atoms with Crippen molar-refractivity contribution in [2.45, 2.75) is 45.9 Å². The van der Waals surface area contributed by atoms with Crippen molar-refractivity contribution in [2.75, 3.05) is 0 Å². The molecule has 0 aliphatic heterocycles. The fourth-order valence-corrected chi connectivity index (χ4v) is 2.48. The molecule has 6 heteroatoms. The van der Waals surface area contributed by atoms with Crippen molar-refractivity contribution in [1.82, 2.24) is 5.32 Å². The molecule has 0 fully saturated rings. The van der Waals surface area contributed by atoms with Crippen molar-refractivity contribution >= 4 is 6.09 Å². The van der Waals surface area contributed by atoms with E-state index in [0.29, 0.717) is 11.1 Å². The van der Waals surface area contributed by atoms with Crippen LogP contribution in [0.5, 0.6) is 0 Å². The van der Waals surface area contributed by atoms with Gasteiger partial charge in [0.05, 0.1) is 0 Å². The van der Waals surface area contributed by atoms with E-state index in [1.165, 1.54) is 6.07 Å². The number of carbonyl (C=O) groups excluding carboxylic acids is 1. The zero-order chi connectivity index (χ0) is 19.5. The van der Waals surface area contributed by atoms with E-state index in [1.807, 2.05) is 19.1 Å². The molecular weight excluding hydrogens is 338 g/mol. The molecule has 140 valence electrons. The number of benzene rings is 2. The molecule has 2 rings (SSSR count). The highest BCUT2D eigenvalue weighted by atomic mass is 19.1. The van der Waals surface area contributed by atoms with Gasteiger partial charge in [-0.3, -0.25) is 0 Å². The summed E-state index contributed by atoms with van der Waals surface area (Å²) in [6.45, 7) is 6.93. The van der Waals surface area contributed by atoms with E-state index in [0.717, 1.165) is 11.6 Å². The van der Waals surface area contributed by atoms with Crippen LogP contribution in [-0.2, 0) is 11.3 Å². The fraction of sp³-hybridized carbons (Fsp3) is 0.350. The Morgan fingerprint density at radius 1 is 1.19 bits per heavy atom. The molecule has 4 nitrogen and oxygen atoms in total.